The Hall–Kier alpha value is -2.05. The van der Waals surface area contributed by atoms with E-state index in [1.165, 1.54) is 4.90 Å². The Labute approximate surface area is 105 Å². The molecule has 2 rings (SSSR count). The van der Waals surface area contributed by atoms with Gasteiger partial charge in [-0.25, -0.2) is 4.79 Å². The van der Waals surface area contributed by atoms with Crippen LogP contribution in [-0.2, 0) is 4.79 Å². The minimum absolute atomic E-state index is 0.0380. The monoisotopic (exact) mass is 252 g/mol. The van der Waals surface area contributed by atoms with E-state index in [-0.39, 0.29) is 11.9 Å². The average Bonchev–Trinajstić information content (AvgIpc) is 2.87. The molecule has 1 saturated heterocycles. The van der Waals surface area contributed by atoms with Crippen LogP contribution in [0.15, 0.2) is 10.6 Å². The molecule has 0 unspecified atom stereocenters. The Morgan fingerprint density at radius 2 is 2.39 bits per heavy atom. The Morgan fingerprint density at radius 3 is 2.89 bits per heavy atom. The highest BCUT2D eigenvalue weighted by Crippen LogP contribution is 2.16. The van der Waals surface area contributed by atoms with E-state index in [9.17, 15) is 9.59 Å². The third kappa shape index (κ3) is 2.29. The molecule has 1 atom stereocenters. The highest BCUT2D eigenvalue weighted by molar-refractivity contribution is 5.93. The summed E-state index contributed by atoms with van der Waals surface area (Å²) in [5.41, 5.74) is 0. The lowest BCUT2D eigenvalue weighted by Crippen LogP contribution is -2.44. The van der Waals surface area contributed by atoms with Crippen LogP contribution in [0.4, 0.5) is 10.6 Å². The number of aromatic nitrogens is 1. The molecule has 3 amide bonds. The fourth-order valence-electron chi connectivity index (χ4n) is 1.93. The van der Waals surface area contributed by atoms with Crippen LogP contribution in [0.2, 0.25) is 0 Å². The molecule has 0 saturated carbocycles. The summed E-state index contributed by atoms with van der Waals surface area (Å²) in [5, 5.41) is 6.26. The molecule has 0 spiro atoms. The average molecular weight is 252 g/mol. The first-order valence-electron chi connectivity index (χ1n) is 5.71. The molecule has 0 radical (unpaired) electrons. The molecule has 7 nitrogen and oxygen atoms in total. The van der Waals surface area contributed by atoms with E-state index in [0.717, 1.165) is 0 Å². The molecule has 0 aromatic carbocycles. The number of likely N-dealkylation sites (tertiary alicyclic amines) is 1. The predicted molar refractivity (Wildman–Crippen MR) is 64.1 cm³/mol. The summed E-state index contributed by atoms with van der Waals surface area (Å²) in [6, 6.07) is 0.855. The molecule has 1 N–H and O–H groups in total. The number of likely N-dealkylation sites (N-methyl/N-ethyl adjacent to an activating group) is 2. The number of nitrogens with zero attached hydrogens (tertiary/aromatic N) is 3. The molecule has 1 aliphatic heterocycles. The largest absolute Gasteiger partial charge is 0.360 e. The van der Waals surface area contributed by atoms with Crippen molar-refractivity contribution >= 4 is 17.8 Å². The summed E-state index contributed by atoms with van der Waals surface area (Å²) in [7, 11) is 3.33. The normalized spacial score (nSPS) is 19.2. The zero-order valence-corrected chi connectivity index (χ0v) is 10.6. The molecular weight excluding hydrogens is 236 g/mol. The van der Waals surface area contributed by atoms with E-state index < -0.39 is 6.04 Å². The fourth-order valence-corrected chi connectivity index (χ4v) is 1.93. The summed E-state index contributed by atoms with van der Waals surface area (Å²) in [6.07, 6.45) is 0.650. The van der Waals surface area contributed by atoms with Crippen LogP contribution in [0.1, 0.15) is 12.2 Å². The minimum atomic E-state index is -0.400. The minimum Gasteiger partial charge on any atom is -0.360 e. The second-order valence-electron chi connectivity index (χ2n) is 4.43. The Morgan fingerprint density at radius 1 is 1.67 bits per heavy atom. The van der Waals surface area contributed by atoms with Crippen LogP contribution in [-0.4, -0.2) is 53.6 Å². The van der Waals surface area contributed by atoms with Crippen LogP contribution in [0.3, 0.4) is 0 Å². The zero-order valence-electron chi connectivity index (χ0n) is 10.6. The van der Waals surface area contributed by atoms with Gasteiger partial charge in [0.2, 0.25) is 5.91 Å². The number of carbonyl (C=O) groups excluding carboxylic acids is 2. The Balaban J connectivity index is 1.99. The molecule has 1 aromatic heterocycles. The van der Waals surface area contributed by atoms with Crippen LogP contribution < -0.4 is 5.32 Å². The summed E-state index contributed by atoms with van der Waals surface area (Å²) >= 11 is 0. The highest BCUT2D eigenvalue weighted by Gasteiger charge is 2.34. The first-order chi connectivity index (χ1) is 8.49. The maximum absolute atomic E-state index is 11.9. The molecule has 1 aromatic rings. The third-order valence-corrected chi connectivity index (χ3v) is 3.05. The van der Waals surface area contributed by atoms with Gasteiger partial charge in [0.1, 0.15) is 11.8 Å². The van der Waals surface area contributed by atoms with Gasteiger partial charge in [0.05, 0.1) is 0 Å². The lowest BCUT2D eigenvalue weighted by Gasteiger charge is -2.22. The summed E-state index contributed by atoms with van der Waals surface area (Å²) in [4.78, 5) is 26.7. The van der Waals surface area contributed by atoms with Crippen molar-refractivity contribution in [3.05, 3.63) is 11.8 Å². The van der Waals surface area contributed by atoms with Crippen molar-refractivity contribution in [3.8, 4) is 0 Å². The maximum Gasteiger partial charge on any atom is 0.323 e. The van der Waals surface area contributed by atoms with Gasteiger partial charge in [0.15, 0.2) is 5.82 Å². The van der Waals surface area contributed by atoms with Crippen molar-refractivity contribution in [1.82, 2.24) is 15.0 Å². The molecule has 0 bridgehead atoms. The van der Waals surface area contributed by atoms with Crippen molar-refractivity contribution in [3.63, 3.8) is 0 Å². The molecule has 2 heterocycles. The van der Waals surface area contributed by atoms with Gasteiger partial charge >= 0.3 is 6.03 Å². The van der Waals surface area contributed by atoms with Gasteiger partial charge in [0, 0.05) is 26.7 Å². The lowest BCUT2D eigenvalue weighted by molar-refractivity contribution is -0.129. The number of carbonyl (C=O) groups is 2. The number of amides is 3. The van der Waals surface area contributed by atoms with Crippen molar-refractivity contribution in [1.29, 1.82) is 0 Å². The molecule has 98 valence electrons. The van der Waals surface area contributed by atoms with Gasteiger partial charge < -0.3 is 14.3 Å². The van der Waals surface area contributed by atoms with Crippen LogP contribution in [0, 0.1) is 6.92 Å². The van der Waals surface area contributed by atoms with E-state index in [0.29, 0.717) is 24.5 Å². The molecular formula is C11H16N4O3. The van der Waals surface area contributed by atoms with Crippen molar-refractivity contribution in [2.24, 2.45) is 0 Å². The second-order valence-corrected chi connectivity index (χ2v) is 4.43. The first-order valence-corrected chi connectivity index (χ1v) is 5.71. The van der Waals surface area contributed by atoms with E-state index in [4.69, 9.17) is 4.52 Å². The standard InChI is InChI=1S/C11H16N4O3/c1-7-6-9(13-18-7)12-11(17)15(3)8-4-5-14(2)10(8)16/h6,8H,4-5H2,1-3H3,(H,12,13,17)/t8-/m0/s1. The quantitative estimate of drug-likeness (QED) is 0.839. The maximum atomic E-state index is 11.9. The summed E-state index contributed by atoms with van der Waals surface area (Å²) < 4.78 is 4.85. The molecule has 1 fully saturated rings. The fraction of sp³-hybridized carbons (Fsp3) is 0.545. The topological polar surface area (TPSA) is 78.7 Å². The Kier molecular flexibility index (Phi) is 3.22. The van der Waals surface area contributed by atoms with Gasteiger partial charge in [0.25, 0.3) is 0 Å². The predicted octanol–water partition coefficient (Wildman–Crippen LogP) is 0.677. The third-order valence-electron chi connectivity index (χ3n) is 3.05. The van der Waals surface area contributed by atoms with E-state index in [1.54, 1.807) is 32.0 Å². The van der Waals surface area contributed by atoms with E-state index in [1.807, 2.05) is 0 Å². The molecule has 7 heteroatoms. The number of hydrogen-bond acceptors (Lipinski definition) is 4. The number of rotatable bonds is 2. The van der Waals surface area contributed by atoms with Gasteiger partial charge in [-0.1, -0.05) is 5.16 Å². The molecule has 0 aliphatic carbocycles. The van der Waals surface area contributed by atoms with Gasteiger partial charge in [-0.05, 0) is 13.3 Å². The van der Waals surface area contributed by atoms with Gasteiger partial charge in [-0.15, -0.1) is 0 Å². The van der Waals surface area contributed by atoms with Crippen LogP contribution in [0.5, 0.6) is 0 Å². The van der Waals surface area contributed by atoms with Crippen molar-refractivity contribution < 1.29 is 14.1 Å². The smallest absolute Gasteiger partial charge is 0.323 e. The van der Waals surface area contributed by atoms with Crippen LogP contribution >= 0.6 is 0 Å². The number of nitrogens with one attached hydrogen (secondary N) is 1. The Bertz CT molecular complexity index is 471. The van der Waals surface area contributed by atoms with Crippen LogP contribution in [0.25, 0.3) is 0 Å². The number of aryl methyl sites for hydroxylation is 1. The number of hydrogen-bond donors (Lipinski definition) is 1. The van der Waals surface area contributed by atoms with Crippen molar-refractivity contribution in [2.75, 3.05) is 26.0 Å². The summed E-state index contributed by atoms with van der Waals surface area (Å²) in [5.74, 6) is 0.928. The van der Waals surface area contributed by atoms with E-state index in [2.05, 4.69) is 10.5 Å². The second kappa shape index (κ2) is 4.67. The highest BCUT2D eigenvalue weighted by atomic mass is 16.5. The zero-order chi connectivity index (χ0) is 13.3. The van der Waals surface area contributed by atoms with Crippen molar-refractivity contribution in [2.45, 2.75) is 19.4 Å². The number of anilines is 1. The molecule has 18 heavy (non-hydrogen) atoms. The lowest BCUT2D eigenvalue weighted by atomic mass is 10.2. The van der Waals surface area contributed by atoms with E-state index >= 15 is 0 Å². The number of urea groups is 1. The SMILES string of the molecule is Cc1cc(NC(=O)N(C)[C@H]2CCN(C)C2=O)no1. The van der Waals surface area contributed by atoms with Gasteiger partial charge in [-0.3, -0.25) is 10.1 Å². The summed E-state index contributed by atoms with van der Waals surface area (Å²) in [6.45, 7) is 2.41. The van der Waals surface area contributed by atoms with Gasteiger partial charge in [-0.2, -0.15) is 0 Å². The first kappa shape index (κ1) is 12.4. The molecule has 1 aliphatic rings.